The minimum absolute atomic E-state index is 0.0344. The molecule has 104 valence electrons. The van der Waals surface area contributed by atoms with Gasteiger partial charge in [-0.25, -0.2) is 23.2 Å². The minimum atomic E-state index is -3.02. The van der Waals surface area contributed by atoms with Crippen LogP contribution in [0.2, 0.25) is 0 Å². The van der Waals surface area contributed by atoms with Crippen LogP contribution in [0.4, 0.5) is 5.95 Å². The van der Waals surface area contributed by atoms with Gasteiger partial charge in [0, 0.05) is 11.7 Å². The maximum atomic E-state index is 11.5. The predicted molar refractivity (Wildman–Crippen MR) is 69.0 cm³/mol. The van der Waals surface area contributed by atoms with E-state index in [4.69, 9.17) is 5.11 Å². The zero-order chi connectivity index (χ0) is 14.0. The third-order valence-electron chi connectivity index (χ3n) is 2.87. The second kappa shape index (κ2) is 5.12. The molecule has 1 unspecified atom stereocenters. The van der Waals surface area contributed by atoms with Crippen molar-refractivity contribution in [2.75, 3.05) is 16.8 Å². The molecule has 2 N–H and O–H groups in total. The monoisotopic (exact) mass is 285 g/mol. The molecule has 1 aliphatic rings. The van der Waals surface area contributed by atoms with E-state index in [1.165, 1.54) is 6.07 Å². The molecule has 1 saturated heterocycles. The second-order valence-electron chi connectivity index (χ2n) is 4.62. The molecule has 0 aliphatic carbocycles. The number of aromatic carboxylic acids is 1. The van der Waals surface area contributed by atoms with Crippen LogP contribution >= 0.6 is 0 Å². The third kappa shape index (κ3) is 3.63. The maximum Gasteiger partial charge on any atom is 0.354 e. The summed E-state index contributed by atoms with van der Waals surface area (Å²) in [6.07, 6.45) is 1.30. The van der Waals surface area contributed by atoms with Gasteiger partial charge < -0.3 is 10.4 Å². The largest absolute Gasteiger partial charge is 0.477 e. The maximum absolute atomic E-state index is 11.5. The normalized spacial score (nSPS) is 21.8. The molecule has 1 aromatic rings. The molecular formula is C11H15N3O4S. The van der Waals surface area contributed by atoms with Gasteiger partial charge in [0.25, 0.3) is 0 Å². The number of hydrogen-bond donors (Lipinski definition) is 2. The molecule has 1 aliphatic heterocycles. The fraction of sp³-hybridized carbons (Fsp3) is 0.545. The molecule has 7 nitrogen and oxygen atoms in total. The van der Waals surface area contributed by atoms with Crippen molar-refractivity contribution in [2.45, 2.75) is 25.8 Å². The Morgan fingerprint density at radius 1 is 1.47 bits per heavy atom. The molecule has 1 atom stereocenters. The highest BCUT2D eigenvalue weighted by Gasteiger charge is 2.25. The van der Waals surface area contributed by atoms with Gasteiger partial charge in [-0.1, -0.05) is 0 Å². The molecular weight excluding hydrogens is 270 g/mol. The van der Waals surface area contributed by atoms with Gasteiger partial charge >= 0.3 is 5.97 Å². The highest BCUT2D eigenvalue weighted by Crippen LogP contribution is 2.16. The second-order valence-corrected chi connectivity index (χ2v) is 6.85. The van der Waals surface area contributed by atoms with E-state index in [1.54, 1.807) is 6.92 Å². The van der Waals surface area contributed by atoms with E-state index in [0.29, 0.717) is 18.5 Å². The summed E-state index contributed by atoms with van der Waals surface area (Å²) in [5, 5.41) is 11.8. The number of rotatable bonds is 3. The summed E-state index contributed by atoms with van der Waals surface area (Å²) in [5.74, 6) is -0.725. The molecule has 1 fully saturated rings. The molecule has 19 heavy (non-hydrogen) atoms. The van der Waals surface area contributed by atoms with Crippen molar-refractivity contribution in [3.63, 3.8) is 0 Å². The quantitative estimate of drug-likeness (QED) is 0.830. The molecule has 0 radical (unpaired) electrons. The zero-order valence-electron chi connectivity index (χ0n) is 10.5. The van der Waals surface area contributed by atoms with Gasteiger partial charge in [-0.05, 0) is 25.8 Å². The number of nitrogens with zero attached hydrogens (tertiary/aromatic N) is 2. The Morgan fingerprint density at radius 3 is 2.84 bits per heavy atom. The first-order valence-electron chi connectivity index (χ1n) is 5.92. The highest BCUT2D eigenvalue weighted by molar-refractivity contribution is 7.91. The Hall–Kier alpha value is -1.70. The average Bonchev–Trinajstić information content (AvgIpc) is 2.26. The van der Waals surface area contributed by atoms with Gasteiger partial charge in [0.1, 0.15) is 0 Å². The minimum Gasteiger partial charge on any atom is -0.477 e. The van der Waals surface area contributed by atoms with Crippen LogP contribution in [0, 0.1) is 6.92 Å². The lowest BCUT2D eigenvalue weighted by molar-refractivity contribution is 0.0690. The Labute approximate surface area is 111 Å². The fourth-order valence-electron chi connectivity index (χ4n) is 2.06. The highest BCUT2D eigenvalue weighted by atomic mass is 32.2. The van der Waals surface area contributed by atoms with Crippen LogP contribution in [0.15, 0.2) is 6.07 Å². The average molecular weight is 285 g/mol. The van der Waals surface area contributed by atoms with Crippen molar-refractivity contribution in [1.29, 1.82) is 0 Å². The summed E-state index contributed by atoms with van der Waals surface area (Å²) in [4.78, 5) is 18.8. The van der Waals surface area contributed by atoms with Crippen LogP contribution in [0.3, 0.4) is 0 Å². The van der Waals surface area contributed by atoms with Gasteiger partial charge in [-0.15, -0.1) is 0 Å². The van der Waals surface area contributed by atoms with Crippen molar-refractivity contribution >= 4 is 21.8 Å². The summed E-state index contributed by atoms with van der Waals surface area (Å²) in [7, 11) is -3.02. The topological polar surface area (TPSA) is 109 Å². The molecule has 1 aromatic heterocycles. The Morgan fingerprint density at radius 2 is 2.21 bits per heavy atom. The number of nitrogens with one attached hydrogen (secondary N) is 1. The standard InChI is InChI=1S/C11H15N3O4S/c1-7-5-9(10(15)16)14-11(12-7)13-8-3-2-4-19(17,18)6-8/h5,8H,2-4,6H2,1H3,(H,15,16)(H,12,13,14). The van der Waals surface area contributed by atoms with Crippen LogP contribution in [0.1, 0.15) is 29.0 Å². The molecule has 2 rings (SSSR count). The number of carboxylic acids is 1. The molecule has 8 heteroatoms. The molecule has 0 aromatic carbocycles. The van der Waals surface area contributed by atoms with E-state index < -0.39 is 15.8 Å². The van der Waals surface area contributed by atoms with Gasteiger partial charge in [0.2, 0.25) is 5.95 Å². The summed E-state index contributed by atoms with van der Waals surface area (Å²) in [5.41, 5.74) is 0.419. The van der Waals surface area contributed by atoms with Crippen molar-refractivity contribution in [1.82, 2.24) is 9.97 Å². The van der Waals surface area contributed by atoms with Gasteiger partial charge in [-0.2, -0.15) is 0 Å². The first-order chi connectivity index (χ1) is 8.85. The Bertz CT molecular complexity index is 600. The van der Waals surface area contributed by atoms with Crippen molar-refractivity contribution in [2.24, 2.45) is 0 Å². The lowest BCUT2D eigenvalue weighted by Crippen LogP contribution is -2.35. The lowest BCUT2D eigenvalue weighted by Gasteiger charge is -2.23. The van der Waals surface area contributed by atoms with Gasteiger partial charge in [0.05, 0.1) is 11.5 Å². The molecule has 0 spiro atoms. The summed E-state index contributed by atoms with van der Waals surface area (Å²) >= 11 is 0. The summed E-state index contributed by atoms with van der Waals surface area (Å²) in [6.45, 7) is 1.66. The van der Waals surface area contributed by atoms with E-state index in [-0.39, 0.29) is 29.2 Å². The van der Waals surface area contributed by atoms with Crippen LogP contribution < -0.4 is 5.32 Å². The molecule has 0 bridgehead atoms. The predicted octanol–water partition coefficient (Wildman–Crippen LogP) is 0.472. The lowest BCUT2D eigenvalue weighted by atomic mass is 10.2. The van der Waals surface area contributed by atoms with Crippen LogP contribution in [-0.2, 0) is 9.84 Å². The van der Waals surface area contributed by atoms with Crippen molar-refractivity contribution in [3.05, 3.63) is 17.5 Å². The first-order valence-corrected chi connectivity index (χ1v) is 7.74. The van der Waals surface area contributed by atoms with Crippen LogP contribution in [0.25, 0.3) is 0 Å². The number of carbonyl (C=O) groups is 1. The Balaban J connectivity index is 2.17. The molecule has 0 amide bonds. The number of hydrogen-bond acceptors (Lipinski definition) is 6. The van der Waals surface area contributed by atoms with Gasteiger partial charge in [0.15, 0.2) is 15.5 Å². The summed E-state index contributed by atoms with van der Waals surface area (Å²) in [6, 6.07) is 1.10. The van der Waals surface area contributed by atoms with Gasteiger partial charge in [-0.3, -0.25) is 0 Å². The van der Waals surface area contributed by atoms with Crippen LogP contribution in [-0.4, -0.2) is 47.0 Å². The van der Waals surface area contributed by atoms with E-state index in [0.717, 1.165) is 0 Å². The number of aromatic nitrogens is 2. The molecule has 0 saturated carbocycles. The number of carboxylic acid groups (broad SMARTS) is 1. The SMILES string of the molecule is Cc1cc(C(=O)O)nc(NC2CCCS(=O)(=O)C2)n1. The first kappa shape index (κ1) is 13.7. The number of sulfone groups is 1. The zero-order valence-corrected chi connectivity index (χ0v) is 11.3. The summed E-state index contributed by atoms with van der Waals surface area (Å²) < 4.78 is 23.0. The Kier molecular flexibility index (Phi) is 3.70. The fourth-order valence-corrected chi connectivity index (χ4v) is 3.70. The third-order valence-corrected chi connectivity index (χ3v) is 4.69. The van der Waals surface area contributed by atoms with E-state index >= 15 is 0 Å². The number of aryl methyl sites for hydroxylation is 1. The molecule has 2 heterocycles. The van der Waals surface area contributed by atoms with Crippen molar-refractivity contribution in [3.8, 4) is 0 Å². The smallest absolute Gasteiger partial charge is 0.354 e. The van der Waals surface area contributed by atoms with E-state index in [9.17, 15) is 13.2 Å². The van der Waals surface area contributed by atoms with Crippen molar-refractivity contribution < 1.29 is 18.3 Å². The van der Waals surface area contributed by atoms with E-state index in [1.807, 2.05) is 0 Å². The number of anilines is 1. The van der Waals surface area contributed by atoms with E-state index in [2.05, 4.69) is 15.3 Å². The van der Waals surface area contributed by atoms with Crippen LogP contribution in [0.5, 0.6) is 0 Å².